The molecule has 2 aromatic rings. The van der Waals surface area contributed by atoms with Crippen LogP contribution in [0.5, 0.6) is 0 Å². The molecule has 0 amide bonds. The van der Waals surface area contributed by atoms with Crippen LogP contribution in [0.2, 0.25) is 0 Å². The van der Waals surface area contributed by atoms with Crippen LogP contribution in [-0.2, 0) is 18.9 Å². The van der Waals surface area contributed by atoms with E-state index in [1.54, 1.807) is 30.0 Å². The Morgan fingerprint density at radius 2 is 2.05 bits per heavy atom. The summed E-state index contributed by atoms with van der Waals surface area (Å²) >= 11 is 1.58. The van der Waals surface area contributed by atoms with Gasteiger partial charge < -0.3 is 23.8 Å². The Hall–Kier alpha value is -3.54. The van der Waals surface area contributed by atoms with Crippen molar-refractivity contribution in [3.8, 4) is 0 Å². The van der Waals surface area contributed by atoms with Crippen LogP contribution in [0.15, 0.2) is 83.4 Å². The van der Waals surface area contributed by atoms with E-state index in [0.29, 0.717) is 36.8 Å². The zero-order valence-electron chi connectivity index (χ0n) is 20.9. The fourth-order valence-electron chi connectivity index (χ4n) is 4.77. The molecule has 5 rings (SSSR count). The van der Waals surface area contributed by atoms with E-state index in [2.05, 4.69) is 14.6 Å². The second-order valence-electron chi connectivity index (χ2n) is 8.58. The number of fused-ring (bicyclic) bond motifs is 2. The standard InChI is InChI=1S/C27H27F2N3O5S/c1-34-27(33)37-17-36-23-7-5-11-31-22(23)15-30-12-13-35-16-25(30)32(31)26(18-9-10-20(28)21(29)14-18)19-6-3-4-8-24(19)38-2/h3-11,14-15,25-26H,12-13,16-17H2,1-2H3/t25-,26+/m1/s1. The third-order valence-corrected chi connectivity index (χ3v) is 7.29. The lowest BCUT2D eigenvalue weighted by molar-refractivity contribution is -0.151. The molecule has 0 aliphatic carbocycles. The van der Waals surface area contributed by atoms with Crippen LogP contribution in [0.25, 0.3) is 0 Å². The molecule has 3 heterocycles. The minimum absolute atomic E-state index is 0.254. The van der Waals surface area contributed by atoms with Crippen molar-refractivity contribution in [2.24, 2.45) is 0 Å². The van der Waals surface area contributed by atoms with Gasteiger partial charge in [0.05, 0.1) is 26.4 Å². The van der Waals surface area contributed by atoms with Gasteiger partial charge in [-0.25, -0.2) is 13.6 Å². The number of hydrazine groups is 1. The number of allylic oxidation sites excluding steroid dienone is 2. The summed E-state index contributed by atoms with van der Waals surface area (Å²) in [4.78, 5) is 14.6. The van der Waals surface area contributed by atoms with Gasteiger partial charge in [0.15, 0.2) is 11.6 Å². The van der Waals surface area contributed by atoms with E-state index in [-0.39, 0.29) is 13.0 Å². The predicted molar refractivity (Wildman–Crippen MR) is 136 cm³/mol. The molecule has 3 aliphatic heterocycles. The van der Waals surface area contributed by atoms with Gasteiger partial charge >= 0.3 is 6.16 Å². The van der Waals surface area contributed by atoms with Crippen molar-refractivity contribution in [3.05, 3.63) is 101 Å². The monoisotopic (exact) mass is 543 g/mol. The van der Waals surface area contributed by atoms with Gasteiger partial charge in [-0.05, 0) is 47.7 Å². The van der Waals surface area contributed by atoms with Gasteiger partial charge in [-0.15, -0.1) is 11.8 Å². The molecule has 0 bridgehead atoms. The van der Waals surface area contributed by atoms with Gasteiger partial charge in [0.25, 0.3) is 0 Å². The number of ether oxygens (including phenoxy) is 4. The Labute approximate surface area is 223 Å². The number of halogens is 2. The summed E-state index contributed by atoms with van der Waals surface area (Å²) in [6, 6.07) is 11.4. The minimum Gasteiger partial charge on any atom is -0.455 e. The largest absolute Gasteiger partial charge is 0.510 e. The summed E-state index contributed by atoms with van der Waals surface area (Å²) in [6.45, 7) is 1.20. The van der Waals surface area contributed by atoms with Gasteiger partial charge in [-0.2, -0.15) is 5.01 Å². The second-order valence-corrected chi connectivity index (χ2v) is 9.43. The number of rotatable bonds is 7. The van der Waals surface area contributed by atoms with E-state index in [0.717, 1.165) is 16.5 Å². The molecule has 8 nitrogen and oxygen atoms in total. The van der Waals surface area contributed by atoms with Crippen molar-refractivity contribution in [3.63, 3.8) is 0 Å². The molecule has 0 aromatic heterocycles. The molecule has 0 saturated carbocycles. The molecule has 38 heavy (non-hydrogen) atoms. The van der Waals surface area contributed by atoms with Gasteiger partial charge in [-0.3, -0.25) is 5.01 Å². The Bertz CT molecular complexity index is 1290. The van der Waals surface area contributed by atoms with E-state index in [1.807, 2.05) is 47.9 Å². The lowest BCUT2D eigenvalue weighted by Gasteiger charge is -2.54. The number of methoxy groups -OCH3 is 1. The van der Waals surface area contributed by atoms with Gasteiger partial charge in [0.2, 0.25) is 6.79 Å². The molecule has 1 fully saturated rings. The van der Waals surface area contributed by atoms with Crippen LogP contribution in [0.4, 0.5) is 13.6 Å². The Morgan fingerprint density at radius 3 is 2.84 bits per heavy atom. The van der Waals surface area contributed by atoms with E-state index in [4.69, 9.17) is 14.2 Å². The smallest absolute Gasteiger partial charge is 0.455 e. The van der Waals surface area contributed by atoms with Gasteiger partial charge in [0.1, 0.15) is 17.6 Å². The van der Waals surface area contributed by atoms with Crippen LogP contribution < -0.4 is 0 Å². The molecule has 11 heteroatoms. The maximum Gasteiger partial charge on any atom is 0.510 e. The zero-order chi connectivity index (χ0) is 26.6. The van der Waals surface area contributed by atoms with Crippen LogP contribution in [0, 0.1) is 11.6 Å². The van der Waals surface area contributed by atoms with Gasteiger partial charge in [0, 0.05) is 23.8 Å². The second kappa shape index (κ2) is 11.5. The van der Waals surface area contributed by atoms with Crippen molar-refractivity contribution in [2.75, 3.05) is 39.9 Å². The molecule has 200 valence electrons. The molecule has 1 saturated heterocycles. The third kappa shape index (κ3) is 5.09. The average Bonchev–Trinajstić information content (AvgIpc) is 2.95. The van der Waals surface area contributed by atoms with Crippen LogP contribution >= 0.6 is 11.8 Å². The number of carbonyl (C=O) groups excluding carboxylic acids is 1. The number of hydrogen-bond acceptors (Lipinski definition) is 9. The summed E-state index contributed by atoms with van der Waals surface area (Å²) in [7, 11) is 1.22. The SMILES string of the molecule is COC(=O)OCOC1=CC=CN2C1=CN1CCOC[C@H]1N2[C@@H](c1ccc(F)c(F)c1)c1ccccc1SC. The van der Waals surface area contributed by atoms with Crippen molar-refractivity contribution < 1.29 is 32.5 Å². The van der Waals surface area contributed by atoms with Crippen molar-refractivity contribution in [1.82, 2.24) is 14.9 Å². The topological polar surface area (TPSA) is 63.7 Å². The Balaban J connectivity index is 1.60. The summed E-state index contributed by atoms with van der Waals surface area (Å²) in [5.74, 6) is -1.36. The number of morpholine rings is 1. The highest BCUT2D eigenvalue weighted by molar-refractivity contribution is 7.98. The summed E-state index contributed by atoms with van der Waals surface area (Å²) in [6.07, 6.45) is 8.30. The Kier molecular flexibility index (Phi) is 7.87. The lowest BCUT2D eigenvalue weighted by Crippen LogP contribution is -2.62. The maximum atomic E-state index is 14.6. The molecular weight excluding hydrogens is 516 g/mol. The van der Waals surface area contributed by atoms with E-state index in [9.17, 15) is 13.6 Å². The molecule has 3 aliphatic rings. The number of thioether (sulfide) groups is 1. The number of benzene rings is 2. The quantitative estimate of drug-likeness (QED) is 0.273. The first-order chi connectivity index (χ1) is 18.5. The van der Waals surface area contributed by atoms with Crippen LogP contribution in [0.3, 0.4) is 0 Å². The molecular formula is C27H27F2N3O5S. The fraction of sp³-hybridized carbons (Fsp3) is 0.296. The highest BCUT2D eigenvalue weighted by Crippen LogP contribution is 2.43. The molecule has 0 unspecified atom stereocenters. The van der Waals surface area contributed by atoms with Gasteiger partial charge in [-0.1, -0.05) is 24.3 Å². The maximum absolute atomic E-state index is 14.6. The molecule has 2 aromatic carbocycles. The van der Waals surface area contributed by atoms with Crippen LogP contribution in [-0.4, -0.2) is 67.2 Å². The summed E-state index contributed by atoms with van der Waals surface area (Å²) < 4.78 is 49.8. The van der Waals surface area contributed by atoms with E-state index >= 15 is 0 Å². The highest BCUT2D eigenvalue weighted by atomic mass is 32.2. The predicted octanol–water partition coefficient (Wildman–Crippen LogP) is 4.98. The third-order valence-electron chi connectivity index (χ3n) is 6.48. The first kappa shape index (κ1) is 26.1. The van der Waals surface area contributed by atoms with Crippen molar-refractivity contribution in [1.29, 1.82) is 0 Å². The average molecular weight is 544 g/mol. The van der Waals surface area contributed by atoms with E-state index in [1.165, 1.54) is 13.2 Å². The summed E-state index contributed by atoms with van der Waals surface area (Å²) in [5, 5.41) is 4.01. The normalized spacial score (nSPS) is 19.6. The lowest BCUT2D eigenvalue weighted by atomic mass is 9.96. The van der Waals surface area contributed by atoms with E-state index < -0.39 is 23.8 Å². The number of hydrogen-bond donors (Lipinski definition) is 0. The van der Waals surface area contributed by atoms with Crippen molar-refractivity contribution in [2.45, 2.75) is 17.1 Å². The number of carbonyl (C=O) groups is 1. The van der Waals surface area contributed by atoms with Crippen LogP contribution in [0.1, 0.15) is 17.2 Å². The fourth-order valence-corrected chi connectivity index (χ4v) is 5.40. The molecule has 0 spiro atoms. The minimum atomic E-state index is -0.920. The Morgan fingerprint density at radius 1 is 1.21 bits per heavy atom. The molecule has 2 atom stereocenters. The number of nitrogens with zero attached hydrogens (tertiary/aromatic N) is 3. The zero-order valence-corrected chi connectivity index (χ0v) is 21.7. The first-order valence-corrected chi connectivity index (χ1v) is 13.2. The summed E-state index contributed by atoms with van der Waals surface area (Å²) in [5.41, 5.74) is 2.20. The molecule has 0 N–H and O–H groups in total. The first-order valence-electron chi connectivity index (χ1n) is 11.9. The van der Waals surface area contributed by atoms with Crippen molar-refractivity contribution >= 4 is 17.9 Å². The molecule has 0 radical (unpaired) electrons. The highest BCUT2D eigenvalue weighted by Gasteiger charge is 2.43.